The Bertz CT molecular complexity index is 1440. The molecule has 0 spiro atoms. The van der Waals surface area contributed by atoms with Crippen LogP contribution >= 0.6 is 0 Å². The molecule has 0 fully saturated rings. The number of nitrogens with two attached hydrogens (primary N) is 1. The molecule has 4 aromatic rings. The number of alkyl halides is 3. The molecular formula is C23H19F3N4O2S. The van der Waals surface area contributed by atoms with Crippen LogP contribution in [0.25, 0.3) is 28.1 Å². The summed E-state index contributed by atoms with van der Waals surface area (Å²) < 4.78 is 64.9. The fourth-order valence-electron chi connectivity index (χ4n) is 3.49. The Kier molecular flexibility index (Phi) is 5.59. The number of pyridine rings is 1. The number of hydrogen-bond acceptors (Lipinski definition) is 4. The highest BCUT2D eigenvalue weighted by Crippen LogP contribution is 2.36. The summed E-state index contributed by atoms with van der Waals surface area (Å²) in [5.41, 5.74) is 3.23. The Labute approximate surface area is 188 Å². The van der Waals surface area contributed by atoms with Crippen molar-refractivity contribution >= 4 is 10.0 Å². The van der Waals surface area contributed by atoms with Crippen LogP contribution in [0.2, 0.25) is 0 Å². The molecular weight excluding hydrogens is 453 g/mol. The van der Waals surface area contributed by atoms with E-state index in [1.807, 2.05) is 31.2 Å². The van der Waals surface area contributed by atoms with Gasteiger partial charge in [-0.2, -0.15) is 18.3 Å². The average molecular weight is 472 g/mol. The lowest BCUT2D eigenvalue weighted by molar-refractivity contribution is -0.141. The third-order valence-electron chi connectivity index (χ3n) is 5.15. The average Bonchev–Trinajstić information content (AvgIpc) is 3.19. The zero-order valence-corrected chi connectivity index (χ0v) is 18.4. The van der Waals surface area contributed by atoms with E-state index in [2.05, 4.69) is 10.1 Å². The first-order valence-electron chi connectivity index (χ1n) is 9.78. The Morgan fingerprint density at radius 2 is 1.58 bits per heavy atom. The van der Waals surface area contributed by atoms with Crippen molar-refractivity contribution in [1.29, 1.82) is 0 Å². The molecule has 0 radical (unpaired) electrons. The zero-order chi connectivity index (χ0) is 24.0. The molecule has 33 heavy (non-hydrogen) atoms. The number of aryl methyl sites for hydroxylation is 2. The van der Waals surface area contributed by atoms with Gasteiger partial charge in [0.2, 0.25) is 10.0 Å². The number of primary sulfonamides is 1. The van der Waals surface area contributed by atoms with Crippen LogP contribution < -0.4 is 5.14 Å². The summed E-state index contributed by atoms with van der Waals surface area (Å²) in [5, 5.41) is 8.91. The second-order valence-electron chi connectivity index (χ2n) is 7.58. The molecule has 170 valence electrons. The highest BCUT2D eigenvalue weighted by atomic mass is 32.2. The lowest BCUT2D eigenvalue weighted by Crippen LogP contribution is -2.12. The molecule has 6 nitrogen and oxygen atoms in total. The van der Waals surface area contributed by atoms with Crippen molar-refractivity contribution in [3.05, 3.63) is 83.8 Å². The first-order valence-corrected chi connectivity index (χ1v) is 11.3. The molecule has 0 atom stereocenters. The molecule has 2 aromatic heterocycles. The molecule has 2 N–H and O–H groups in total. The predicted octanol–water partition coefficient (Wildman–Crippen LogP) is 4.88. The van der Waals surface area contributed by atoms with Gasteiger partial charge in [-0.05, 0) is 79.1 Å². The van der Waals surface area contributed by atoms with Crippen molar-refractivity contribution < 1.29 is 21.6 Å². The fourth-order valence-corrected chi connectivity index (χ4v) is 4.00. The number of nitrogens with zero attached hydrogens (tertiary/aromatic N) is 3. The summed E-state index contributed by atoms with van der Waals surface area (Å²) in [7, 11) is -3.94. The van der Waals surface area contributed by atoms with Crippen LogP contribution in [0.5, 0.6) is 0 Å². The molecule has 10 heteroatoms. The second kappa shape index (κ2) is 8.13. The van der Waals surface area contributed by atoms with E-state index in [9.17, 15) is 21.6 Å². The third-order valence-corrected chi connectivity index (χ3v) is 6.08. The monoisotopic (exact) mass is 472 g/mol. The van der Waals surface area contributed by atoms with Crippen molar-refractivity contribution in [2.24, 2.45) is 5.14 Å². The molecule has 0 unspecified atom stereocenters. The summed E-state index contributed by atoms with van der Waals surface area (Å²) >= 11 is 0. The van der Waals surface area contributed by atoms with Gasteiger partial charge in [-0.3, -0.25) is 4.98 Å². The van der Waals surface area contributed by atoms with Crippen molar-refractivity contribution in [1.82, 2.24) is 14.8 Å². The third kappa shape index (κ3) is 4.67. The molecule has 0 aliphatic carbocycles. The Hall–Kier alpha value is -3.50. The van der Waals surface area contributed by atoms with Crippen LogP contribution in [0.1, 0.15) is 17.0 Å². The standard InChI is InChI=1S/C23H19F3N4O2S/c1-14-3-4-16(17-9-10-28-15(2)11-17)12-20(14)21-13-22(23(24,25)26)29-30(21)18-5-7-19(8-6-18)33(27,31)32/h3-13H,1-2H3,(H2,27,31,32). The topological polar surface area (TPSA) is 90.9 Å². The summed E-state index contributed by atoms with van der Waals surface area (Å²) in [4.78, 5) is 4.03. The Balaban J connectivity index is 1.91. The van der Waals surface area contributed by atoms with Gasteiger partial charge in [-0.15, -0.1) is 0 Å². The maximum Gasteiger partial charge on any atom is 0.435 e. The molecule has 0 amide bonds. The van der Waals surface area contributed by atoms with Gasteiger partial charge in [-0.25, -0.2) is 18.2 Å². The highest BCUT2D eigenvalue weighted by molar-refractivity contribution is 7.89. The quantitative estimate of drug-likeness (QED) is 0.458. The van der Waals surface area contributed by atoms with Gasteiger partial charge in [0, 0.05) is 17.5 Å². The van der Waals surface area contributed by atoms with Gasteiger partial charge in [-0.1, -0.05) is 12.1 Å². The van der Waals surface area contributed by atoms with Crippen LogP contribution in [-0.4, -0.2) is 23.2 Å². The number of hydrogen-bond donors (Lipinski definition) is 1. The van der Waals surface area contributed by atoms with E-state index in [0.717, 1.165) is 33.1 Å². The van der Waals surface area contributed by atoms with E-state index in [0.29, 0.717) is 5.56 Å². The fraction of sp³-hybridized carbons (Fsp3) is 0.130. The van der Waals surface area contributed by atoms with E-state index in [4.69, 9.17) is 5.14 Å². The van der Waals surface area contributed by atoms with Crippen molar-refractivity contribution in [2.75, 3.05) is 0 Å². The van der Waals surface area contributed by atoms with Gasteiger partial charge in [0.1, 0.15) is 0 Å². The smallest absolute Gasteiger partial charge is 0.262 e. The normalized spacial score (nSPS) is 12.2. The molecule has 2 heterocycles. The van der Waals surface area contributed by atoms with Crippen LogP contribution in [0, 0.1) is 13.8 Å². The molecule has 2 aromatic carbocycles. The van der Waals surface area contributed by atoms with Crippen LogP contribution in [0.3, 0.4) is 0 Å². The SMILES string of the molecule is Cc1cc(-c2ccc(C)c(-c3cc(C(F)(F)F)nn3-c3ccc(S(N)(=O)=O)cc3)c2)ccn1. The number of benzene rings is 2. The number of sulfonamides is 1. The maximum absolute atomic E-state index is 13.5. The van der Waals surface area contributed by atoms with Gasteiger partial charge in [0.05, 0.1) is 16.3 Å². The van der Waals surface area contributed by atoms with E-state index in [1.165, 1.54) is 24.3 Å². The predicted molar refractivity (Wildman–Crippen MR) is 118 cm³/mol. The van der Waals surface area contributed by atoms with Gasteiger partial charge < -0.3 is 0 Å². The van der Waals surface area contributed by atoms with Crippen molar-refractivity contribution in [3.63, 3.8) is 0 Å². The van der Waals surface area contributed by atoms with Crippen LogP contribution in [0.4, 0.5) is 13.2 Å². The van der Waals surface area contributed by atoms with Gasteiger partial charge in [0.15, 0.2) is 5.69 Å². The maximum atomic E-state index is 13.5. The summed E-state index contributed by atoms with van der Waals surface area (Å²) in [6, 6.07) is 15.4. The lowest BCUT2D eigenvalue weighted by Gasteiger charge is -2.12. The first-order chi connectivity index (χ1) is 15.4. The minimum absolute atomic E-state index is 0.151. The molecule has 0 saturated carbocycles. The molecule has 0 aliphatic heterocycles. The Morgan fingerprint density at radius 1 is 0.909 bits per heavy atom. The zero-order valence-electron chi connectivity index (χ0n) is 17.6. The first kappa shape index (κ1) is 22.7. The van der Waals surface area contributed by atoms with E-state index in [-0.39, 0.29) is 16.3 Å². The molecule has 0 bridgehead atoms. The Morgan fingerprint density at radius 3 is 2.18 bits per heavy atom. The summed E-state index contributed by atoms with van der Waals surface area (Å²) in [6.07, 6.45) is -2.99. The number of rotatable bonds is 4. The van der Waals surface area contributed by atoms with Gasteiger partial charge >= 0.3 is 6.18 Å². The second-order valence-corrected chi connectivity index (χ2v) is 9.14. The van der Waals surface area contributed by atoms with Crippen molar-refractivity contribution in [3.8, 4) is 28.1 Å². The van der Waals surface area contributed by atoms with E-state index in [1.54, 1.807) is 19.2 Å². The lowest BCUT2D eigenvalue weighted by atomic mass is 9.98. The number of aromatic nitrogens is 3. The van der Waals surface area contributed by atoms with E-state index >= 15 is 0 Å². The van der Waals surface area contributed by atoms with E-state index < -0.39 is 21.9 Å². The van der Waals surface area contributed by atoms with Crippen LogP contribution in [-0.2, 0) is 16.2 Å². The largest absolute Gasteiger partial charge is 0.435 e. The van der Waals surface area contributed by atoms with Gasteiger partial charge in [0.25, 0.3) is 0 Å². The molecule has 0 aliphatic rings. The minimum Gasteiger partial charge on any atom is -0.262 e. The van der Waals surface area contributed by atoms with Crippen LogP contribution in [0.15, 0.2) is 71.8 Å². The highest BCUT2D eigenvalue weighted by Gasteiger charge is 2.35. The molecule has 4 rings (SSSR count). The summed E-state index contributed by atoms with van der Waals surface area (Å²) in [6.45, 7) is 3.65. The molecule has 0 saturated heterocycles. The summed E-state index contributed by atoms with van der Waals surface area (Å²) in [5.74, 6) is 0. The number of halogens is 3. The van der Waals surface area contributed by atoms with Crippen molar-refractivity contribution in [2.45, 2.75) is 24.9 Å². The minimum atomic E-state index is -4.66.